The molecule has 0 spiro atoms. The third-order valence-electron chi connectivity index (χ3n) is 2.90. The summed E-state index contributed by atoms with van der Waals surface area (Å²) >= 11 is 0. The first-order valence-electron chi connectivity index (χ1n) is 6.60. The van der Waals surface area contributed by atoms with Gasteiger partial charge in [0.2, 0.25) is 0 Å². The molecule has 2 rings (SSSR count). The predicted molar refractivity (Wildman–Crippen MR) is 78.8 cm³/mol. The molecule has 0 bridgehead atoms. The van der Waals surface area contributed by atoms with E-state index in [4.69, 9.17) is 4.74 Å². The van der Waals surface area contributed by atoms with Crippen LogP contribution in [0.2, 0.25) is 0 Å². The van der Waals surface area contributed by atoms with Crippen molar-refractivity contribution in [1.82, 2.24) is 0 Å². The van der Waals surface area contributed by atoms with Crippen LogP contribution in [0, 0.1) is 0 Å². The van der Waals surface area contributed by atoms with Gasteiger partial charge in [-0.2, -0.15) is 0 Å². The lowest BCUT2D eigenvalue weighted by atomic mass is 10.1. The molecule has 0 N–H and O–H groups in total. The fourth-order valence-electron chi connectivity index (χ4n) is 1.97. The first-order chi connectivity index (χ1) is 9.29. The monoisotopic (exact) mass is 254 g/mol. The Morgan fingerprint density at radius 1 is 1.16 bits per heavy atom. The van der Waals surface area contributed by atoms with Crippen LogP contribution in [-0.2, 0) is 9.53 Å². The minimum Gasteiger partial charge on any atom is -0.466 e. The number of allylic oxidation sites excluding steroid dienone is 1. The summed E-state index contributed by atoms with van der Waals surface area (Å²) in [7, 11) is 0. The van der Waals surface area contributed by atoms with Crippen LogP contribution in [0.1, 0.15) is 25.3 Å². The summed E-state index contributed by atoms with van der Waals surface area (Å²) in [6.45, 7) is 2.27. The average molecular weight is 254 g/mol. The number of hydrogen-bond acceptors (Lipinski definition) is 2. The molecule has 2 nitrogen and oxygen atoms in total. The fraction of sp³-hybridized carbons (Fsp3) is 0.235. The van der Waals surface area contributed by atoms with Crippen molar-refractivity contribution in [3.63, 3.8) is 0 Å². The summed E-state index contributed by atoms with van der Waals surface area (Å²) in [5.41, 5.74) is 1.16. The highest BCUT2D eigenvalue weighted by molar-refractivity contribution is 5.84. The van der Waals surface area contributed by atoms with Gasteiger partial charge in [-0.15, -0.1) is 0 Å². The third-order valence-corrected chi connectivity index (χ3v) is 2.90. The van der Waals surface area contributed by atoms with Gasteiger partial charge in [-0.05, 0) is 35.7 Å². The number of hydrogen-bond donors (Lipinski definition) is 0. The Balaban J connectivity index is 1.95. The van der Waals surface area contributed by atoms with E-state index in [-0.39, 0.29) is 5.97 Å². The van der Waals surface area contributed by atoms with E-state index in [0.717, 1.165) is 5.56 Å². The van der Waals surface area contributed by atoms with Crippen LogP contribution in [0.5, 0.6) is 0 Å². The molecular weight excluding hydrogens is 236 g/mol. The van der Waals surface area contributed by atoms with Gasteiger partial charge in [-0.3, -0.25) is 4.79 Å². The number of fused-ring (bicyclic) bond motifs is 1. The maximum Gasteiger partial charge on any atom is 0.306 e. The molecule has 2 aromatic rings. The molecule has 0 aliphatic heterocycles. The highest BCUT2D eigenvalue weighted by Crippen LogP contribution is 2.16. The summed E-state index contributed by atoms with van der Waals surface area (Å²) in [6.07, 6.45) is 5.22. The Morgan fingerprint density at radius 3 is 2.74 bits per heavy atom. The summed E-state index contributed by atoms with van der Waals surface area (Å²) in [5, 5.41) is 2.47. The quantitative estimate of drug-likeness (QED) is 0.748. The van der Waals surface area contributed by atoms with E-state index in [0.29, 0.717) is 19.4 Å². The Labute approximate surface area is 113 Å². The molecule has 0 unspecified atom stereocenters. The van der Waals surface area contributed by atoms with Crippen molar-refractivity contribution in [3.05, 3.63) is 54.1 Å². The fourth-order valence-corrected chi connectivity index (χ4v) is 1.97. The Bertz CT molecular complexity index is 585. The molecule has 0 fully saturated rings. The van der Waals surface area contributed by atoms with E-state index in [1.54, 1.807) is 0 Å². The molecule has 0 saturated carbocycles. The summed E-state index contributed by atoms with van der Waals surface area (Å²) in [5.74, 6) is -0.134. The molecule has 2 aromatic carbocycles. The molecule has 0 aliphatic rings. The van der Waals surface area contributed by atoms with Crippen molar-refractivity contribution < 1.29 is 9.53 Å². The lowest BCUT2D eigenvalue weighted by molar-refractivity contribution is -0.142. The number of carbonyl (C=O) groups is 1. The van der Waals surface area contributed by atoms with Crippen molar-refractivity contribution in [2.24, 2.45) is 0 Å². The molecule has 2 heteroatoms. The minimum absolute atomic E-state index is 0.134. The van der Waals surface area contributed by atoms with Gasteiger partial charge in [0.15, 0.2) is 0 Å². The first-order valence-corrected chi connectivity index (χ1v) is 6.60. The molecule has 0 aliphatic carbocycles. The third kappa shape index (κ3) is 3.95. The lowest BCUT2D eigenvalue weighted by Crippen LogP contribution is -2.02. The van der Waals surface area contributed by atoms with Crippen molar-refractivity contribution in [2.45, 2.75) is 19.8 Å². The number of carbonyl (C=O) groups excluding carboxylic acids is 1. The van der Waals surface area contributed by atoms with Gasteiger partial charge in [-0.25, -0.2) is 0 Å². The van der Waals surface area contributed by atoms with Crippen LogP contribution >= 0.6 is 0 Å². The van der Waals surface area contributed by atoms with E-state index >= 15 is 0 Å². The van der Waals surface area contributed by atoms with Crippen LogP contribution < -0.4 is 0 Å². The smallest absolute Gasteiger partial charge is 0.306 e. The summed E-state index contributed by atoms with van der Waals surface area (Å²) in [6, 6.07) is 14.6. The minimum atomic E-state index is -0.134. The highest BCUT2D eigenvalue weighted by atomic mass is 16.5. The highest BCUT2D eigenvalue weighted by Gasteiger charge is 1.98. The van der Waals surface area contributed by atoms with Crippen molar-refractivity contribution in [3.8, 4) is 0 Å². The van der Waals surface area contributed by atoms with Gasteiger partial charge < -0.3 is 4.74 Å². The zero-order valence-corrected chi connectivity index (χ0v) is 11.1. The number of rotatable bonds is 5. The summed E-state index contributed by atoms with van der Waals surface area (Å²) < 4.78 is 4.88. The van der Waals surface area contributed by atoms with Gasteiger partial charge in [0.1, 0.15) is 0 Å². The molecule has 0 aromatic heterocycles. The van der Waals surface area contributed by atoms with E-state index in [1.807, 2.05) is 31.2 Å². The Morgan fingerprint density at radius 2 is 1.95 bits per heavy atom. The van der Waals surface area contributed by atoms with Crippen LogP contribution in [0.3, 0.4) is 0 Å². The van der Waals surface area contributed by atoms with Crippen molar-refractivity contribution in [1.29, 1.82) is 0 Å². The average Bonchev–Trinajstić information content (AvgIpc) is 2.44. The van der Waals surface area contributed by atoms with Crippen molar-refractivity contribution in [2.75, 3.05) is 6.61 Å². The standard InChI is InChI=1S/C17H18O2/c1-2-19-17(18)10-6-3-7-14-11-12-15-8-4-5-9-16(15)13-14/h3-5,7-9,11-13H,2,6,10H2,1H3. The van der Waals surface area contributed by atoms with E-state index in [2.05, 4.69) is 30.3 Å². The van der Waals surface area contributed by atoms with Gasteiger partial charge in [0.05, 0.1) is 6.61 Å². The van der Waals surface area contributed by atoms with Crippen LogP contribution in [0.4, 0.5) is 0 Å². The Kier molecular flexibility index (Phi) is 4.73. The molecule has 98 valence electrons. The number of esters is 1. The molecule has 0 amide bonds. The molecule has 0 radical (unpaired) electrons. The number of benzene rings is 2. The zero-order chi connectivity index (χ0) is 13.5. The topological polar surface area (TPSA) is 26.3 Å². The zero-order valence-electron chi connectivity index (χ0n) is 11.1. The number of ether oxygens (including phenoxy) is 1. The molecule has 19 heavy (non-hydrogen) atoms. The van der Waals surface area contributed by atoms with Crippen LogP contribution in [-0.4, -0.2) is 12.6 Å². The first kappa shape index (κ1) is 13.3. The second kappa shape index (κ2) is 6.74. The normalized spacial score (nSPS) is 11.0. The van der Waals surface area contributed by atoms with Gasteiger partial charge >= 0.3 is 5.97 Å². The maximum atomic E-state index is 11.2. The second-order valence-corrected chi connectivity index (χ2v) is 4.35. The van der Waals surface area contributed by atoms with Crippen LogP contribution in [0.25, 0.3) is 16.8 Å². The largest absolute Gasteiger partial charge is 0.466 e. The Hall–Kier alpha value is -2.09. The predicted octanol–water partition coefficient (Wildman–Crippen LogP) is 4.20. The lowest BCUT2D eigenvalue weighted by Gasteiger charge is -2.00. The molecule has 0 heterocycles. The van der Waals surface area contributed by atoms with Gasteiger partial charge in [0, 0.05) is 6.42 Å². The van der Waals surface area contributed by atoms with E-state index in [1.165, 1.54) is 10.8 Å². The SMILES string of the molecule is CCOC(=O)CCC=Cc1ccc2ccccc2c1. The molecule has 0 atom stereocenters. The summed E-state index contributed by atoms with van der Waals surface area (Å²) in [4.78, 5) is 11.2. The van der Waals surface area contributed by atoms with Crippen LogP contribution in [0.15, 0.2) is 48.5 Å². The van der Waals surface area contributed by atoms with Gasteiger partial charge in [0.25, 0.3) is 0 Å². The molecular formula is C17H18O2. The second-order valence-electron chi connectivity index (χ2n) is 4.35. The van der Waals surface area contributed by atoms with Crippen molar-refractivity contribution >= 4 is 22.8 Å². The van der Waals surface area contributed by atoms with E-state index in [9.17, 15) is 4.79 Å². The van der Waals surface area contributed by atoms with E-state index < -0.39 is 0 Å². The molecule has 0 saturated heterocycles. The maximum absolute atomic E-state index is 11.2. The van der Waals surface area contributed by atoms with Gasteiger partial charge in [-0.1, -0.05) is 48.6 Å².